The molecule has 1 heterocycles. The van der Waals surface area contributed by atoms with Crippen molar-refractivity contribution in [3.8, 4) is 0 Å². The standard InChI is InChI=1S/C10H16F3N3/c1-3-5-7-16-8(6-4-2)9(14-15-16)10(11,12)13/h3-7H2,1-2H3. The molecule has 6 heteroatoms. The Kier molecular flexibility index (Phi) is 4.32. The number of nitrogens with zero attached hydrogens (tertiary/aromatic N) is 3. The molecular weight excluding hydrogens is 219 g/mol. The van der Waals surface area contributed by atoms with E-state index < -0.39 is 11.9 Å². The smallest absolute Gasteiger partial charge is 0.249 e. The summed E-state index contributed by atoms with van der Waals surface area (Å²) in [5.74, 6) is 0. The molecule has 0 atom stereocenters. The third-order valence-corrected chi connectivity index (χ3v) is 2.32. The highest BCUT2D eigenvalue weighted by Gasteiger charge is 2.38. The molecular formula is C10H16F3N3. The van der Waals surface area contributed by atoms with E-state index in [1.165, 1.54) is 4.68 Å². The lowest BCUT2D eigenvalue weighted by atomic mass is 10.2. The van der Waals surface area contributed by atoms with Gasteiger partial charge in [-0.3, -0.25) is 0 Å². The number of unbranched alkanes of at least 4 members (excludes halogenated alkanes) is 1. The van der Waals surface area contributed by atoms with Crippen molar-refractivity contribution in [2.24, 2.45) is 0 Å². The number of aryl methyl sites for hydroxylation is 1. The maximum absolute atomic E-state index is 12.6. The number of halogens is 3. The summed E-state index contributed by atoms with van der Waals surface area (Å²) in [4.78, 5) is 0. The molecule has 0 unspecified atom stereocenters. The van der Waals surface area contributed by atoms with Crippen LogP contribution >= 0.6 is 0 Å². The van der Waals surface area contributed by atoms with E-state index in [0.717, 1.165) is 12.8 Å². The molecule has 0 saturated heterocycles. The zero-order valence-electron chi connectivity index (χ0n) is 9.51. The SMILES string of the molecule is CCCCn1nnc(C(F)(F)F)c1CCC. The van der Waals surface area contributed by atoms with Crippen molar-refractivity contribution in [2.75, 3.05) is 0 Å². The molecule has 0 aromatic carbocycles. The Bertz CT molecular complexity index is 331. The van der Waals surface area contributed by atoms with E-state index in [1.54, 1.807) is 0 Å². The van der Waals surface area contributed by atoms with E-state index in [0.29, 0.717) is 19.4 Å². The summed E-state index contributed by atoms with van der Waals surface area (Å²) in [6, 6.07) is 0. The van der Waals surface area contributed by atoms with Crippen molar-refractivity contribution in [3.05, 3.63) is 11.4 Å². The first kappa shape index (κ1) is 13.0. The molecule has 0 aliphatic carbocycles. The van der Waals surface area contributed by atoms with E-state index in [4.69, 9.17) is 0 Å². The lowest BCUT2D eigenvalue weighted by Gasteiger charge is -2.08. The van der Waals surface area contributed by atoms with Crippen LogP contribution in [0.4, 0.5) is 13.2 Å². The monoisotopic (exact) mass is 235 g/mol. The Morgan fingerprint density at radius 1 is 1.19 bits per heavy atom. The molecule has 0 aliphatic heterocycles. The minimum absolute atomic E-state index is 0.212. The third kappa shape index (κ3) is 2.96. The minimum atomic E-state index is -4.39. The number of hydrogen-bond donors (Lipinski definition) is 0. The van der Waals surface area contributed by atoms with Gasteiger partial charge in [-0.25, -0.2) is 4.68 Å². The maximum Gasteiger partial charge on any atom is 0.437 e. The predicted molar refractivity (Wildman–Crippen MR) is 53.9 cm³/mol. The molecule has 0 spiro atoms. The van der Waals surface area contributed by atoms with Crippen LogP contribution in [0.25, 0.3) is 0 Å². The number of rotatable bonds is 5. The second-order valence-corrected chi connectivity index (χ2v) is 3.71. The van der Waals surface area contributed by atoms with Gasteiger partial charge in [0.1, 0.15) is 0 Å². The normalized spacial score (nSPS) is 12.1. The second kappa shape index (κ2) is 5.32. The summed E-state index contributed by atoms with van der Waals surface area (Å²) in [6.07, 6.45) is -1.63. The van der Waals surface area contributed by atoms with E-state index in [-0.39, 0.29) is 5.69 Å². The fourth-order valence-electron chi connectivity index (χ4n) is 1.52. The van der Waals surface area contributed by atoms with Crippen molar-refractivity contribution in [2.45, 2.75) is 52.3 Å². The zero-order chi connectivity index (χ0) is 12.2. The molecule has 0 aliphatic rings. The van der Waals surface area contributed by atoms with Gasteiger partial charge in [0.2, 0.25) is 0 Å². The summed E-state index contributed by atoms with van der Waals surface area (Å²) >= 11 is 0. The molecule has 3 nitrogen and oxygen atoms in total. The number of aromatic nitrogens is 3. The molecule has 16 heavy (non-hydrogen) atoms. The Balaban J connectivity index is 2.97. The van der Waals surface area contributed by atoms with Crippen LogP contribution in [-0.4, -0.2) is 15.0 Å². The van der Waals surface area contributed by atoms with Crippen LogP contribution in [0.2, 0.25) is 0 Å². The first-order valence-corrected chi connectivity index (χ1v) is 5.50. The molecule has 0 amide bonds. The van der Waals surface area contributed by atoms with Crippen molar-refractivity contribution >= 4 is 0 Å². The number of alkyl halides is 3. The Morgan fingerprint density at radius 3 is 2.38 bits per heavy atom. The highest BCUT2D eigenvalue weighted by Crippen LogP contribution is 2.30. The van der Waals surface area contributed by atoms with E-state index >= 15 is 0 Å². The van der Waals surface area contributed by atoms with E-state index in [2.05, 4.69) is 10.3 Å². The molecule has 1 rings (SSSR count). The van der Waals surface area contributed by atoms with Gasteiger partial charge in [0, 0.05) is 6.54 Å². The van der Waals surface area contributed by atoms with E-state index in [1.807, 2.05) is 13.8 Å². The first-order chi connectivity index (χ1) is 7.50. The predicted octanol–water partition coefficient (Wildman–Crippen LogP) is 3.05. The van der Waals surface area contributed by atoms with Crippen LogP contribution in [0, 0.1) is 0 Å². The lowest BCUT2D eigenvalue weighted by Crippen LogP contribution is -2.12. The van der Waals surface area contributed by atoms with Gasteiger partial charge in [0.05, 0.1) is 5.69 Å². The fourth-order valence-corrected chi connectivity index (χ4v) is 1.52. The summed E-state index contributed by atoms with van der Waals surface area (Å²) in [5, 5.41) is 6.83. The van der Waals surface area contributed by atoms with Gasteiger partial charge in [-0.05, 0) is 12.8 Å². The largest absolute Gasteiger partial charge is 0.437 e. The minimum Gasteiger partial charge on any atom is -0.249 e. The highest BCUT2D eigenvalue weighted by atomic mass is 19.4. The van der Waals surface area contributed by atoms with Gasteiger partial charge in [0.25, 0.3) is 0 Å². The van der Waals surface area contributed by atoms with Gasteiger partial charge in [-0.2, -0.15) is 13.2 Å². The summed E-state index contributed by atoms with van der Waals surface area (Å²) < 4.78 is 39.2. The highest BCUT2D eigenvalue weighted by molar-refractivity contribution is 5.13. The molecule has 1 aromatic heterocycles. The zero-order valence-corrected chi connectivity index (χ0v) is 9.51. The van der Waals surface area contributed by atoms with Gasteiger partial charge < -0.3 is 0 Å². The summed E-state index contributed by atoms with van der Waals surface area (Å²) in [5.41, 5.74) is -0.617. The fraction of sp³-hybridized carbons (Fsp3) is 0.800. The molecule has 0 bridgehead atoms. The van der Waals surface area contributed by atoms with Crippen LogP contribution in [0.1, 0.15) is 44.5 Å². The third-order valence-electron chi connectivity index (χ3n) is 2.32. The second-order valence-electron chi connectivity index (χ2n) is 3.71. The van der Waals surface area contributed by atoms with Crippen LogP contribution in [0.15, 0.2) is 0 Å². The van der Waals surface area contributed by atoms with Crippen molar-refractivity contribution in [1.29, 1.82) is 0 Å². The molecule has 1 aromatic rings. The lowest BCUT2D eigenvalue weighted by molar-refractivity contribution is -0.141. The number of hydrogen-bond acceptors (Lipinski definition) is 2. The molecule has 0 radical (unpaired) electrons. The van der Waals surface area contributed by atoms with E-state index in [9.17, 15) is 13.2 Å². The van der Waals surface area contributed by atoms with Crippen molar-refractivity contribution < 1.29 is 13.2 Å². The molecule has 0 N–H and O–H groups in total. The first-order valence-electron chi connectivity index (χ1n) is 5.50. The topological polar surface area (TPSA) is 30.7 Å². The Hall–Kier alpha value is -1.07. The maximum atomic E-state index is 12.6. The van der Waals surface area contributed by atoms with Gasteiger partial charge in [-0.1, -0.05) is 31.9 Å². The summed E-state index contributed by atoms with van der Waals surface area (Å²) in [7, 11) is 0. The molecule has 0 saturated carbocycles. The quantitative estimate of drug-likeness (QED) is 0.785. The van der Waals surface area contributed by atoms with Gasteiger partial charge in [-0.15, -0.1) is 5.10 Å². The van der Waals surface area contributed by atoms with Crippen LogP contribution in [0.3, 0.4) is 0 Å². The Morgan fingerprint density at radius 2 is 1.88 bits per heavy atom. The van der Waals surface area contributed by atoms with Gasteiger partial charge in [0.15, 0.2) is 5.69 Å². The van der Waals surface area contributed by atoms with Gasteiger partial charge >= 0.3 is 6.18 Å². The van der Waals surface area contributed by atoms with Crippen LogP contribution < -0.4 is 0 Å². The Labute approximate surface area is 92.6 Å². The average Bonchev–Trinajstić information content (AvgIpc) is 2.58. The summed E-state index contributed by atoms with van der Waals surface area (Å²) in [6.45, 7) is 4.34. The van der Waals surface area contributed by atoms with Crippen LogP contribution in [0.5, 0.6) is 0 Å². The molecule has 92 valence electrons. The van der Waals surface area contributed by atoms with Crippen molar-refractivity contribution in [3.63, 3.8) is 0 Å². The average molecular weight is 235 g/mol. The van der Waals surface area contributed by atoms with Crippen molar-refractivity contribution in [1.82, 2.24) is 15.0 Å². The van der Waals surface area contributed by atoms with Crippen LogP contribution in [-0.2, 0) is 19.1 Å². The molecule has 0 fully saturated rings.